The molecule has 186 valence electrons. The lowest BCUT2D eigenvalue weighted by molar-refractivity contribution is -0.116. The third kappa shape index (κ3) is 7.27. The lowest BCUT2D eigenvalue weighted by atomic mass is 10.0. The van der Waals surface area contributed by atoms with Gasteiger partial charge in [0.1, 0.15) is 6.54 Å². The molecule has 0 saturated carbocycles. The van der Waals surface area contributed by atoms with E-state index in [1.807, 2.05) is 35.4 Å². The van der Waals surface area contributed by atoms with Crippen molar-refractivity contribution >= 4 is 36.7 Å². The first-order valence-corrected chi connectivity index (χ1v) is 11.9. The standard InChI is InChI=1S/C28H30N6O.H2S/c29-21-31-24-14-7-15-25(18-24)32-27(35)20-33-19-26(17-23-11-5-2-6-12-23)34(28(33)30)16-8-13-22-9-3-1-4-10-22;/h1-7,9-12,14-15,18,26,30-31H,8,13,16-17,19-20H2,(H,32,35);1H2/t26-;/m0./s1. The van der Waals surface area contributed by atoms with Crippen LogP contribution in [0.4, 0.5) is 11.4 Å². The number of nitrogens with one attached hydrogen (secondary N) is 3. The molecule has 0 aliphatic carbocycles. The summed E-state index contributed by atoms with van der Waals surface area (Å²) in [6.07, 6.45) is 4.60. The molecule has 7 nitrogen and oxygen atoms in total. The number of nitriles is 1. The van der Waals surface area contributed by atoms with Gasteiger partial charge in [0.25, 0.3) is 0 Å². The Balaban J connectivity index is 0.00000361. The van der Waals surface area contributed by atoms with Crippen LogP contribution >= 0.6 is 13.5 Å². The van der Waals surface area contributed by atoms with Crippen LogP contribution in [0.5, 0.6) is 0 Å². The number of amides is 1. The van der Waals surface area contributed by atoms with Crippen molar-refractivity contribution in [2.75, 3.05) is 30.3 Å². The minimum absolute atomic E-state index is 0. The van der Waals surface area contributed by atoms with Gasteiger partial charge < -0.3 is 15.1 Å². The number of aryl methyl sites for hydroxylation is 1. The number of anilines is 2. The molecule has 8 heteroatoms. The van der Waals surface area contributed by atoms with Crippen LogP contribution in [-0.4, -0.2) is 47.3 Å². The molecule has 1 heterocycles. The van der Waals surface area contributed by atoms with Crippen molar-refractivity contribution in [1.82, 2.24) is 9.80 Å². The second kappa shape index (κ2) is 13.2. The average Bonchev–Trinajstić information content (AvgIpc) is 3.14. The van der Waals surface area contributed by atoms with E-state index in [-0.39, 0.29) is 32.0 Å². The third-order valence-electron chi connectivity index (χ3n) is 6.15. The first kappa shape index (κ1) is 26.6. The second-order valence-electron chi connectivity index (χ2n) is 8.70. The number of hydrogen-bond donors (Lipinski definition) is 3. The van der Waals surface area contributed by atoms with Crippen molar-refractivity contribution in [3.05, 3.63) is 96.1 Å². The Hall–Kier alpha value is -3.96. The maximum Gasteiger partial charge on any atom is 0.244 e. The Morgan fingerprint density at radius 2 is 1.64 bits per heavy atom. The van der Waals surface area contributed by atoms with Gasteiger partial charge in [0.05, 0.1) is 6.04 Å². The maximum atomic E-state index is 12.8. The summed E-state index contributed by atoms with van der Waals surface area (Å²) in [6, 6.07) is 27.9. The van der Waals surface area contributed by atoms with E-state index >= 15 is 0 Å². The van der Waals surface area contributed by atoms with Crippen LogP contribution in [0, 0.1) is 16.9 Å². The topological polar surface area (TPSA) is 95.2 Å². The third-order valence-corrected chi connectivity index (χ3v) is 6.15. The van der Waals surface area contributed by atoms with Gasteiger partial charge in [-0.25, -0.2) is 0 Å². The van der Waals surface area contributed by atoms with Gasteiger partial charge in [0.2, 0.25) is 5.91 Å². The van der Waals surface area contributed by atoms with E-state index in [2.05, 4.69) is 51.9 Å². The zero-order valence-electron chi connectivity index (χ0n) is 20.2. The molecule has 0 spiro atoms. The predicted octanol–water partition coefficient (Wildman–Crippen LogP) is 4.43. The summed E-state index contributed by atoms with van der Waals surface area (Å²) >= 11 is 0. The largest absolute Gasteiger partial charge is 0.338 e. The number of hydrogen-bond acceptors (Lipinski definition) is 4. The second-order valence-corrected chi connectivity index (χ2v) is 8.70. The highest BCUT2D eigenvalue weighted by atomic mass is 32.1. The van der Waals surface area contributed by atoms with Gasteiger partial charge in [0, 0.05) is 24.5 Å². The summed E-state index contributed by atoms with van der Waals surface area (Å²) in [5.74, 6) is 0.211. The fourth-order valence-corrected chi connectivity index (χ4v) is 4.49. The number of carbonyl (C=O) groups is 1. The molecule has 1 aliphatic heterocycles. The van der Waals surface area contributed by atoms with Gasteiger partial charge >= 0.3 is 0 Å². The van der Waals surface area contributed by atoms with E-state index in [1.54, 1.807) is 24.3 Å². The fourth-order valence-electron chi connectivity index (χ4n) is 4.49. The molecule has 3 aromatic rings. The summed E-state index contributed by atoms with van der Waals surface area (Å²) in [5, 5.41) is 23.1. The monoisotopic (exact) mass is 500 g/mol. The van der Waals surface area contributed by atoms with Crippen LogP contribution in [0.25, 0.3) is 0 Å². The Bertz CT molecular complexity index is 1180. The molecule has 1 atom stereocenters. The van der Waals surface area contributed by atoms with Crippen molar-refractivity contribution in [2.45, 2.75) is 25.3 Å². The van der Waals surface area contributed by atoms with Gasteiger partial charge in [-0.3, -0.25) is 15.5 Å². The molecule has 1 fully saturated rings. The number of nitrogens with zero attached hydrogens (tertiary/aromatic N) is 3. The Kier molecular flexibility index (Phi) is 9.78. The average molecular weight is 501 g/mol. The number of rotatable bonds is 10. The van der Waals surface area contributed by atoms with Crippen LogP contribution < -0.4 is 10.6 Å². The van der Waals surface area contributed by atoms with Crippen LogP contribution in [0.2, 0.25) is 0 Å². The Morgan fingerprint density at radius 3 is 2.33 bits per heavy atom. The summed E-state index contributed by atoms with van der Waals surface area (Å²) in [7, 11) is 0. The summed E-state index contributed by atoms with van der Waals surface area (Å²) < 4.78 is 0. The number of benzene rings is 3. The van der Waals surface area contributed by atoms with E-state index in [4.69, 9.17) is 10.7 Å². The zero-order valence-corrected chi connectivity index (χ0v) is 21.2. The molecule has 0 bridgehead atoms. The fraction of sp³-hybridized carbons (Fsp3) is 0.250. The number of guanidine groups is 1. The lowest BCUT2D eigenvalue weighted by Crippen LogP contribution is -2.39. The van der Waals surface area contributed by atoms with Crippen LogP contribution in [0.3, 0.4) is 0 Å². The Morgan fingerprint density at radius 1 is 0.972 bits per heavy atom. The summed E-state index contributed by atoms with van der Waals surface area (Å²) in [4.78, 5) is 16.8. The highest BCUT2D eigenvalue weighted by molar-refractivity contribution is 7.59. The van der Waals surface area contributed by atoms with Gasteiger partial charge in [-0.2, -0.15) is 18.8 Å². The number of carbonyl (C=O) groups excluding carboxylic acids is 1. The van der Waals surface area contributed by atoms with E-state index in [1.165, 1.54) is 11.1 Å². The summed E-state index contributed by atoms with van der Waals surface area (Å²) in [6.45, 7) is 1.50. The minimum Gasteiger partial charge on any atom is -0.338 e. The molecule has 1 amide bonds. The van der Waals surface area contributed by atoms with E-state index in [0.29, 0.717) is 23.9 Å². The van der Waals surface area contributed by atoms with Gasteiger partial charge in [-0.15, -0.1) is 0 Å². The first-order chi connectivity index (χ1) is 17.1. The van der Waals surface area contributed by atoms with E-state index < -0.39 is 0 Å². The van der Waals surface area contributed by atoms with E-state index in [9.17, 15) is 4.79 Å². The summed E-state index contributed by atoms with van der Waals surface area (Å²) in [5.41, 5.74) is 3.75. The smallest absolute Gasteiger partial charge is 0.244 e. The highest BCUT2D eigenvalue weighted by Gasteiger charge is 2.34. The molecule has 0 radical (unpaired) electrons. The first-order valence-electron chi connectivity index (χ1n) is 11.9. The normalized spacial score (nSPS) is 14.6. The quantitative estimate of drug-likeness (QED) is 0.283. The van der Waals surface area contributed by atoms with Crippen LogP contribution in [0.1, 0.15) is 17.5 Å². The molecule has 3 N–H and O–H groups in total. The van der Waals surface area contributed by atoms with Gasteiger partial charge in [-0.1, -0.05) is 66.7 Å². The van der Waals surface area contributed by atoms with Crippen molar-refractivity contribution in [3.63, 3.8) is 0 Å². The molecule has 36 heavy (non-hydrogen) atoms. The van der Waals surface area contributed by atoms with Gasteiger partial charge in [0.15, 0.2) is 12.2 Å². The highest BCUT2D eigenvalue weighted by Crippen LogP contribution is 2.21. The molecule has 1 saturated heterocycles. The molecule has 1 aliphatic rings. The van der Waals surface area contributed by atoms with Crippen LogP contribution in [0.15, 0.2) is 84.9 Å². The van der Waals surface area contributed by atoms with Crippen molar-refractivity contribution in [1.29, 1.82) is 10.7 Å². The molecular weight excluding hydrogens is 468 g/mol. The Labute approximate surface area is 219 Å². The van der Waals surface area contributed by atoms with Crippen molar-refractivity contribution in [2.24, 2.45) is 0 Å². The molecule has 3 aromatic carbocycles. The zero-order chi connectivity index (χ0) is 24.5. The van der Waals surface area contributed by atoms with Gasteiger partial charge in [-0.05, 0) is 48.6 Å². The van der Waals surface area contributed by atoms with Crippen molar-refractivity contribution < 1.29 is 4.79 Å². The van der Waals surface area contributed by atoms with E-state index in [0.717, 1.165) is 25.8 Å². The maximum absolute atomic E-state index is 12.8. The lowest BCUT2D eigenvalue weighted by Gasteiger charge is -2.25. The predicted molar refractivity (Wildman–Crippen MR) is 149 cm³/mol. The van der Waals surface area contributed by atoms with Crippen LogP contribution in [-0.2, 0) is 17.6 Å². The van der Waals surface area contributed by atoms with Crippen molar-refractivity contribution in [3.8, 4) is 6.19 Å². The molecule has 4 rings (SSSR count). The molecule has 0 unspecified atom stereocenters. The molecular formula is C28H32N6OS. The minimum atomic E-state index is -0.187. The molecule has 0 aromatic heterocycles. The SMILES string of the molecule is N#CNc1cccc(NC(=O)CN2C[C@H](Cc3ccccc3)N(CCCc3ccccc3)C2=N)c1.S.